The monoisotopic (exact) mass is 336 g/mol. The third kappa shape index (κ3) is 5.23. The van der Waals surface area contributed by atoms with Gasteiger partial charge in [-0.05, 0) is 37.5 Å². The van der Waals surface area contributed by atoms with Crippen molar-refractivity contribution in [3.63, 3.8) is 0 Å². The molecule has 2 rings (SSSR count). The number of rotatable bonds is 6. The molecule has 128 valence electrons. The number of nitrogens with zero attached hydrogens (tertiary/aromatic N) is 3. The molecular weight excluding hydrogens is 308 g/mol. The second-order valence-electron chi connectivity index (χ2n) is 5.54. The van der Waals surface area contributed by atoms with Gasteiger partial charge in [0.2, 0.25) is 0 Å². The fourth-order valence-corrected chi connectivity index (χ4v) is 3.13. The molecular formula is C17H28N4OS. The summed E-state index contributed by atoms with van der Waals surface area (Å²) >= 11 is 1.87. The fourth-order valence-electron chi connectivity index (χ4n) is 2.71. The van der Waals surface area contributed by atoms with E-state index < -0.39 is 0 Å². The van der Waals surface area contributed by atoms with Crippen LogP contribution in [0.2, 0.25) is 0 Å². The van der Waals surface area contributed by atoms with Gasteiger partial charge in [-0.2, -0.15) is 11.8 Å². The minimum atomic E-state index is 0.360. The first kappa shape index (κ1) is 17.8. The lowest BCUT2D eigenvalue weighted by Gasteiger charge is -2.37. The Balaban J connectivity index is 1.91. The number of nitrogens with one attached hydrogen (secondary N) is 1. The van der Waals surface area contributed by atoms with Crippen LogP contribution in [0.25, 0.3) is 0 Å². The van der Waals surface area contributed by atoms with Gasteiger partial charge >= 0.3 is 0 Å². The molecule has 1 aliphatic heterocycles. The fraction of sp³-hybridized carbons (Fsp3) is 0.588. The number of anilines is 1. The predicted molar refractivity (Wildman–Crippen MR) is 101 cm³/mol. The molecule has 0 saturated carbocycles. The summed E-state index contributed by atoms with van der Waals surface area (Å²) in [7, 11) is 0. The Hall–Kier alpha value is -1.56. The van der Waals surface area contributed by atoms with Crippen molar-refractivity contribution in [1.82, 2.24) is 10.2 Å². The molecule has 0 radical (unpaired) electrons. The van der Waals surface area contributed by atoms with Crippen LogP contribution in [0.1, 0.15) is 13.3 Å². The van der Waals surface area contributed by atoms with Crippen LogP contribution in [0.5, 0.6) is 5.75 Å². The van der Waals surface area contributed by atoms with Crippen molar-refractivity contribution in [3.8, 4) is 5.75 Å². The van der Waals surface area contributed by atoms with Gasteiger partial charge in [-0.1, -0.05) is 12.1 Å². The van der Waals surface area contributed by atoms with Gasteiger partial charge in [-0.25, -0.2) is 0 Å². The highest BCUT2D eigenvalue weighted by Gasteiger charge is 2.21. The van der Waals surface area contributed by atoms with E-state index >= 15 is 0 Å². The maximum atomic E-state index is 10.00. The summed E-state index contributed by atoms with van der Waals surface area (Å²) in [6.07, 6.45) is 3.25. The predicted octanol–water partition coefficient (Wildman–Crippen LogP) is 2.23. The summed E-state index contributed by atoms with van der Waals surface area (Å²) < 4.78 is 0. The second kappa shape index (κ2) is 9.55. The number of piperazine rings is 1. The van der Waals surface area contributed by atoms with Crippen molar-refractivity contribution >= 4 is 23.4 Å². The average molecular weight is 337 g/mol. The van der Waals surface area contributed by atoms with Gasteiger partial charge in [0, 0.05) is 39.3 Å². The van der Waals surface area contributed by atoms with E-state index in [0.29, 0.717) is 5.75 Å². The topological polar surface area (TPSA) is 51.1 Å². The van der Waals surface area contributed by atoms with Gasteiger partial charge in [0.25, 0.3) is 0 Å². The van der Waals surface area contributed by atoms with Crippen molar-refractivity contribution in [3.05, 3.63) is 24.3 Å². The van der Waals surface area contributed by atoms with Crippen LogP contribution >= 0.6 is 11.8 Å². The molecule has 5 nitrogen and oxygen atoms in total. The normalized spacial score (nSPS) is 15.8. The minimum absolute atomic E-state index is 0.360. The molecule has 1 saturated heterocycles. The second-order valence-corrected chi connectivity index (χ2v) is 6.53. The molecule has 1 aliphatic rings. The summed E-state index contributed by atoms with van der Waals surface area (Å²) in [5, 5.41) is 13.4. The number of hydrogen-bond acceptors (Lipinski definition) is 4. The Morgan fingerprint density at radius 3 is 2.65 bits per heavy atom. The largest absolute Gasteiger partial charge is 0.506 e. The highest BCUT2D eigenvalue weighted by Crippen LogP contribution is 2.27. The minimum Gasteiger partial charge on any atom is -0.506 e. The van der Waals surface area contributed by atoms with Crippen LogP contribution in [0.4, 0.5) is 5.69 Å². The van der Waals surface area contributed by atoms with E-state index in [4.69, 9.17) is 4.99 Å². The van der Waals surface area contributed by atoms with E-state index in [1.54, 1.807) is 6.07 Å². The van der Waals surface area contributed by atoms with Crippen molar-refractivity contribution in [2.45, 2.75) is 13.3 Å². The lowest BCUT2D eigenvalue weighted by Crippen LogP contribution is -2.52. The van der Waals surface area contributed by atoms with Crippen LogP contribution in [-0.2, 0) is 0 Å². The maximum Gasteiger partial charge on any atom is 0.194 e. The van der Waals surface area contributed by atoms with Gasteiger partial charge in [0.05, 0.1) is 5.69 Å². The number of phenolic OH excluding ortho intramolecular Hbond substituents is 1. The van der Waals surface area contributed by atoms with Crippen molar-refractivity contribution in [2.24, 2.45) is 4.99 Å². The zero-order chi connectivity index (χ0) is 16.5. The molecule has 0 amide bonds. The van der Waals surface area contributed by atoms with E-state index in [0.717, 1.165) is 63.1 Å². The van der Waals surface area contributed by atoms with Gasteiger partial charge in [0.15, 0.2) is 5.96 Å². The Morgan fingerprint density at radius 2 is 2.00 bits per heavy atom. The standard InChI is InChI=1S/C17H28N4OS/c1-3-18-17(19-9-6-14-23-2)21-12-10-20(11-13-21)15-7-4-5-8-16(15)22/h4-5,7-8,22H,3,6,9-14H2,1-2H3,(H,18,19). The molecule has 0 atom stereocenters. The van der Waals surface area contributed by atoms with Crippen LogP contribution in [0.3, 0.4) is 0 Å². The van der Waals surface area contributed by atoms with E-state index in [1.165, 1.54) is 0 Å². The van der Waals surface area contributed by atoms with E-state index in [9.17, 15) is 5.11 Å². The number of aliphatic imine (C=N–C) groups is 1. The van der Waals surface area contributed by atoms with E-state index in [1.807, 2.05) is 30.0 Å². The smallest absolute Gasteiger partial charge is 0.194 e. The van der Waals surface area contributed by atoms with E-state index in [2.05, 4.69) is 28.3 Å². The SMILES string of the molecule is CCNC(=NCCCSC)N1CCN(c2ccccc2O)CC1. The number of thioether (sulfide) groups is 1. The first-order valence-corrected chi connectivity index (χ1v) is 9.70. The molecule has 1 aromatic carbocycles. The van der Waals surface area contributed by atoms with Crippen molar-refractivity contribution in [1.29, 1.82) is 0 Å². The Labute approximate surface area is 143 Å². The van der Waals surface area contributed by atoms with Gasteiger partial charge < -0.3 is 20.2 Å². The third-order valence-corrected chi connectivity index (χ3v) is 4.60. The Kier molecular flexibility index (Phi) is 7.39. The van der Waals surface area contributed by atoms with Crippen molar-refractivity contribution < 1.29 is 5.11 Å². The van der Waals surface area contributed by atoms with Crippen LogP contribution in [-0.4, -0.2) is 67.2 Å². The zero-order valence-electron chi connectivity index (χ0n) is 14.2. The molecule has 23 heavy (non-hydrogen) atoms. The lowest BCUT2D eigenvalue weighted by atomic mass is 10.2. The third-order valence-electron chi connectivity index (χ3n) is 3.90. The highest BCUT2D eigenvalue weighted by molar-refractivity contribution is 7.98. The quantitative estimate of drug-likeness (QED) is 0.474. The summed E-state index contributed by atoms with van der Waals surface area (Å²) in [6.45, 7) is 7.50. The summed E-state index contributed by atoms with van der Waals surface area (Å²) in [6, 6.07) is 7.56. The lowest BCUT2D eigenvalue weighted by molar-refractivity contribution is 0.370. The molecule has 1 aromatic rings. The molecule has 2 N–H and O–H groups in total. The molecule has 0 spiro atoms. The number of guanidine groups is 1. The van der Waals surface area contributed by atoms with Crippen molar-refractivity contribution in [2.75, 3.05) is 56.2 Å². The van der Waals surface area contributed by atoms with Crippen LogP contribution in [0.15, 0.2) is 29.3 Å². The summed E-state index contributed by atoms with van der Waals surface area (Å²) in [5.74, 6) is 2.54. The molecule has 0 unspecified atom stereocenters. The Morgan fingerprint density at radius 1 is 1.26 bits per heavy atom. The number of benzene rings is 1. The Bertz CT molecular complexity index is 501. The molecule has 0 aromatic heterocycles. The van der Waals surface area contributed by atoms with Crippen LogP contribution < -0.4 is 10.2 Å². The van der Waals surface area contributed by atoms with Gasteiger partial charge in [0.1, 0.15) is 5.75 Å². The number of hydrogen-bond donors (Lipinski definition) is 2. The molecule has 1 fully saturated rings. The molecule has 0 bridgehead atoms. The number of para-hydroxylation sites is 2. The number of aromatic hydroxyl groups is 1. The first-order chi connectivity index (χ1) is 11.3. The molecule has 1 heterocycles. The maximum absolute atomic E-state index is 10.00. The highest BCUT2D eigenvalue weighted by atomic mass is 32.2. The summed E-state index contributed by atoms with van der Waals surface area (Å²) in [5.41, 5.74) is 0.925. The average Bonchev–Trinajstić information content (AvgIpc) is 2.58. The van der Waals surface area contributed by atoms with E-state index in [-0.39, 0.29) is 0 Å². The summed E-state index contributed by atoms with van der Waals surface area (Å²) in [4.78, 5) is 9.30. The van der Waals surface area contributed by atoms with Crippen LogP contribution in [0, 0.1) is 0 Å². The molecule has 6 heteroatoms. The number of phenols is 1. The first-order valence-electron chi connectivity index (χ1n) is 8.31. The zero-order valence-corrected chi connectivity index (χ0v) is 15.0. The van der Waals surface area contributed by atoms with Gasteiger partial charge in [-0.3, -0.25) is 4.99 Å². The van der Waals surface area contributed by atoms with Gasteiger partial charge in [-0.15, -0.1) is 0 Å². The molecule has 0 aliphatic carbocycles.